The van der Waals surface area contributed by atoms with E-state index in [1.54, 1.807) is 19.5 Å². The molecule has 6 nitrogen and oxygen atoms in total. The Hall–Kier alpha value is -2.40. The lowest BCUT2D eigenvalue weighted by Gasteiger charge is -2.32. The van der Waals surface area contributed by atoms with Crippen molar-refractivity contribution in [2.24, 2.45) is 5.92 Å². The second-order valence-corrected chi connectivity index (χ2v) is 15.0. The molecule has 2 saturated heterocycles. The lowest BCUT2D eigenvalue weighted by Crippen LogP contribution is -2.37. The highest BCUT2D eigenvalue weighted by atomic mass is 35.5. The predicted molar refractivity (Wildman–Crippen MR) is 154 cm³/mol. The normalized spacial score (nSPS) is 23.2. The molecule has 4 aliphatic rings. The van der Waals surface area contributed by atoms with Gasteiger partial charge in [-0.25, -0.2) is 4.98 Å². The van der Waals surface area contributed by atoms with Crippen LogP contribution < -0.4 is 15.9 Å². The Labute approximate surface area is 224 Å². The van der Waals surface area contributed by atoms with Crippen molar-refractivity contribution in [3.05, 3.63) is 64.3 Å². The molecule has 0 radical (unpaired) electrons. The number of hydrogen-bond donors (Lipinski definition) is 2. The molecule has 37 heavy (non-hydrogen) atoms. The minimum Gasteiger partial charge on any atom is -0.338 e. The van der Waals surface area contributed by atoms with Gasteiger partial charge in [0, 0.05) is 29.6 Å². The number of anilines is 4. The summed E-state index contributed by atoms with van der Waals surface area (Å²) < 4.78 is 12.9. The molecule has 194 valence electrons. The largest absolute Gasteiger partial charge is 0.338 e. The Morgan fingerprint density at radius 1 is 1.00 bits per heavy atom. The van der Waals surface area contributed by atoms with Gasteiger partial charge in [-0.1, -0.05) is 29.3 Å². The maximum atomic E-state index is 12.9. The molecule has 3 fully saturated rings. The molecule has 3 aromatic rings. The van der Waals surface area contributed by atoms with Crippen molar-refractivity contribution in [3.63, 3.8) is 0 Å². The van der Waals surface area contributed by atoms with Gasteiger partial charge >= 0.3 is 0 Å². The standard InChI is InChI=1S/C29H35ClN5OP/c1-18-4-11-26(27(12-18)37(2,3)36)33-28-25(30)16-31-29(34-28)32-22-8-5-20-6-9-23(10-7-21(20)15-22)35-17-19-13-24(35)14-19/h4-5,8,11-12,15-16,19,23-24H,6-7,9-10,13-14,17H2,1-3H3,(H2,31,32,33,34)/t19?,23-,24?/m0/s1. The summed E-state index contributed by atoms with van der Waals surface area (Å²) in [6.45, 7) is 6.87. The molecule has 3 heterocycles. The third kappa shape index (κ3) is 5.16. The maximum Gasteiger partial charge on any atom is 0.229 e. The van der Waals surface area contributed by atoms with E-state index in [0.717, 1.165) is 53.1 Å². The van der Waals surface area contributed by atoms with Gasteiger partial charge in [0.25, 0.3) is 0 Å². The number of rotatable bonds is 6. The summed E-state index contributed by atoms with van der Waals surface area (Å²) in [6.07, 6.45) is 9.22. The first kappa shape index (κ1) is 24.9. The zero-order chi connectivity index (χ0) is 25.7. The predicted octanol–water partition coefficient (Wildman–Crippen LogP) is 6.52. The number of nitrogens with one attached hydrogen (secondary N) is 2. The van der Waals surface area contributed by atoms with Crippen LogP contribution in [0.3, 0.4) is 0 Å². The zero-order valence-electron chi connectivity index (χ0n) is 21.8. The fourth-order valence-electron chi connectivity index (χ4n) is 6.28. The van der Waals surface area contributed by atoms with E-state index in [9.17, 15) is 4.57 Å². The summed E-state index contributed by atoms with van der Waals surface area (Å²) in [5, 5.41) is 7.87. The first-order valence-electron chi connectivity index (χ1n) is 13.3. The van der Waals surface area contributed by atoms with Gasteiger partial charge in [0.15, 0.2) is 5.82 Å². The van der Waals surface area contributed by atoms with Crippen LogP contribution >= 0.6 is 18.7 Å². The van der Waals surface area contributed by atoms with Crippen molar-refractivity contribution < 1.29 is 4.57 Å². The van der Waals surface area contributed by atoms with Gasteiger partial charge in [-0.15, -0.1) is 0 Å². The summed E-state index contributed by atoms with van der Waals surface area (Å²) in [7, 11) is -2.50. The summed E-state index contributed by atoms with van der Waals surface area (Å²) >= 11 is 6.45. The molecule has 2 aromatic carbocycles. The number of hydrogen-bond acceptors (Lipinski definition) is 6. The SMILES string of the molecule is Cc1ccc(Nc2nc(Nc3ccc4c(c3)CC[C@@H](N3CC5CC3C5)CC4)ncc2Cl)c(P(C)(C)=O)c1. The Morgan fingerprint density at radius 2 is 1.78 bits per heavy atom. The first-order valence-corrected chi connectivity index (χ1v) is 16.3. The van der Waals surface area contributed by atoms with E-state index in [0.29, 0.717) is 16.8 Å². The molecule has 1 atom stereocenters. The van der Waals surface area contributed by atoms with E-state index in [1.165, 1.54) is 43.4 Å². The first-order chi connectivity index (χ1) is 17.7. The van der Waals surface area contributed by atoms with Crippen LogP contribution in [0.1, 0.15) is 42.4 Å². The number of benzene rings is 2. The van der Waals surface area contributed by atoms with Crippen LogP contribution in [0.15, 0.2) is 42.6 Å². The monoisotopic (exact) mass is 535 g/mol. The molecule has 0 spiro atoms. The van der Waals surface area contributed by atoms with Crippen molar-refractivity contribution in [3.8, 4) is 0 Å². The number of nitrogens with zero attached hydrogens (tertiary/aromatic N) is 3. The molecule has 7 rings (SSSR count). The number of halogens is 1. The van der Waals surface area contributed by atoms with Crippen molar-refractivity contribution in [2.45, 2.75) is 57.5 Å². The third-order valence-corrected chi connectivity index (χ3v) is 10.1. The molecule has 8 heteroatoms. The summed E-state index contributed by atoms with van der Waals surface area (Å²) in [5.41, 5.74) is 5.69. The average molecular weight is 536 g/mol. The minimum absolute atomic E-state index is 0.409. The Kier molecular flexibility index (Phi) is 6.55. The van der Waals surface area contributed by atoms with Crippen LogP contribution in [0, 0.1) is 12.8 Å². The number of aromatic nitrogens is 2. The molecule has 0 amide bonds. The van der Waals surface area contributed by atoms with Gasteiger partial charge in [0.2, 0.25) is 5.95 Å². The summed E-state index contributed by atoms with van der Waals surface area (Å²) in [6, 6.07) is 14.1. The molecular formula is C29H35ClN5OP. The molecule has 2 N–H and O–H groups in total. The van der Waals surface area contributed by atoms with Crippen LogP contribution in [-0.4, -0.2) is 46.8 Å². The highest BCUT2D eigenvalue weighted by Crippen LogP contribution is 2.44. The molecule has 2 aliphatic heterocycles. The minimum atomic E-state index is -2.50. The molecule has 0 unspecified atom stereocenters. The van der Waals surface area contributed by atoms with Gasteiger partial charge in [0.05, 0.1) is 11.9 Å². The van der Waals surface area contributed by atoms with Crippen molar-refractivity contribution in [1.29, 1.82) is 0 Å². The quantitative estimate of drug-likeness (QED) is 0.277. The summed E-state index contributed by atoms with van der Waals surface area (Å²) in [4.78, 5) is 11.9. The van der Waals surface area contributed by atoms with Crippen LogP contribution in [-0.2, 0) is 17.4 Å². The summed E-state index contributed by atoms with van der Waals surface area (Å²) in [5.74, 6) is 1.93. The fourth-order valence-corrected chi connectivity index (χ4v) is 7.64. The molecule has 2 aliphatic carbocycles. The topological polar surface area (TPSA) is 70.2 Å². The fraction of sp³-hybridized carbons (Fsp3) is 0.448. The molecule has 2 bridgehead atoms. The number of aryl methyl sites for hydroxylation is 3. The lowest BCUT2D eigenvalue weighted by molar-refractivity contribution is 0.170. The Morgan fingerprint density at radius 3 is 2.51 bits per heavy atom. The number of fused-ring (bicyclic) bond motifs is 2. The highest BCUT2D eigenvalue weighted by Gasteiger charge is 2.45. The van der Waals surface area contributed by atoms with Gasteiger partial charge in [-0.05, 0) is 100 Å². The second kappa shape index (κ2) is 9.72. The van der Waals surface area contributed by atoms with Crippen LogP contribution in [0.5, 0.6) is 0 Å². The molecular weight excluding hydrogens is 501 g/mol. The van der Waals surface area contributed by atoms with E-state index < -0.39 is 7.14 Å². The highest BCUT2D eigenvalue weighted by molar-refractivity contribution is 7.70. The van der Waals surface area contributed by atoms with Crippen LogP contribution in [0.4, 0.5) is 23.1 Å². The van der Waals surface area contributed by atoms with Crippen molar-refractivity contribution in [2.75, 3.05) is 30.5 Å². The van der Waals surface area contributed by atoms with E-state index >= 15 is 0 Å². The van der Waals surface area contributed by atoms with Gasteiger partial charge in [-0.2, -0.15) is 4.98 Å². The third-order valence-electron chi connectivity index (χ3n) is 8.30. The maximum absolute atomic E-state index is 12.9. The Balaban J connectivity index is 1.18. The van der Waals surface area contributed by atoms with Crippen LogP contribution in [0.25, 0.3) is 0 Å². The van der Waals surface area contributed by atoms with Gasteiger partial charge in [-0.3, -0.25) is 4.90 Å². The van der Waals surface area contributed by atoms with Crippen molar-refractivity contribution in [1.82, 2.24) is 14.9 Å². The smallest absolute Gasteiger partial charge is 0.229 e. The van der Waals surface area contributed by atoms with E-state index in [1.807, 2.05) is 25.1 Å². The van der Waals surface area contributed by atoms with Crippen LogP contribution in [0.2, 0.25) is 5.02 Å². The van der Waals surface area contributed by atoms with E-state index in [2.05, 4.69) is 43.7 Å². The Bertz CT molecular complexity index is 1380. The molecule has 1 aromatic heterocycles. The average Bonchev–Trinajstić information content (AvgIpc) is 3.38. The van der Waals surface area contributed by atoms with Crippen molar-refractivity contribution >= 4 is 47.2 Å². The van der Waals surface area contributed by atoms with E-state index in [-0.39, 0.29) is 0 Å². The van der Waals surface area contributed by atoms with E-state index in [4.69, 9.17) is 11.6 Å². The lowest BCUT2D eigenvalue weighted by atomic mass is 9.86. The molecule has 1 saturated carbocycles. The van der Waals surface area contributed by atoms with Gasteiger partial charge < -0.3 is 15.2 Å². The second-order valence-electron chi connectivity index (χ2n) is 11.4. The zero-order valence-corrected chi connectivity index (χ0v) is 23.4. The van der Waals surface area contributed by atoms with Gasteiger partial charge in [0.1, 0.15) is 12.2 Å².